The molecule has 0 heterocycles. The van der Waals surface area contributed by atoms with Gasteiger partial charge in [0.15, 0.2) is 0 Å². The molecule has 22 heavy (non-hydrogen) atoms. The lowest BCUT2D eigenvalue weighted by atomic mass is 9.44. The van der Waals surface area contributed by atoms with E-state index in [0.29, 0.717) is 5.41 Å². The molecule has 126 valence electrons. The van der Waals surface area contributed by atoms with Crippen molar-refractivity contribution in [3.63, 3.8) is 0 Å². The fraction of sp³-hybridized carbons (Fsp3) is 1.00. The predicted octanol–water partition coefficient (Wildman–Crippen LogP) is 4.14. The van der Waals surface area contributed by atoms with E-state index >= 15 is 0 Å². The Labute approximate surface area is 135 Å². The topological polar surface area (TPSA) is 40.5 Å². The Kier molecular flexibility index (Phi) is 3.32. The van der Waals surface area contributed by atoms with Crippen molar-refractivity contribution in [3.05, 3.63) is 0 Å². The molecular weight excluding hydrogens is 272 g/mol. The van der Waals surface area contributed by atoms with Crippen LogP contribution in [0.3, 0.4) is 0 Å². The van der Waals surface area contributed by atoms with Gasteiger partial charge in [0.05, 0.1) is 11.7 Å². The molecule has 0 spiro atoms. The van der Waals surface area contributed by atoms with Gasteiger partial charge in [-0.15, -0.1) is 0 Å². The highest BCUT2D eigenvalue weighted by Crippen LogP contribution is 2.68. The summed E-state index contributed by atoms with van der Waals surface area (Å²) in [5.74, 6) is 3.13. The number of aliphatic hydroxyl groups is 2. The molecule has 0 aromatic rings. The van der Waals surface area contributed by atoms with Crippen molar-refractivity contribution < 1.29 is 10.2 Å². The van der Waals surface area contributed by atoms with E-state index in [1.807, 2.05) is 0 Å². The maximum absolute atomic E-state index is 10.9. The van der Waals surface area contributed by atoms with Gasteiger partial charge >= 0.3 is 0 Å². The molecule has 0 saturated heterocycles. The fourth-order valence-electron chi connectivity index (χ4n) is 7.48. The molecule has 0 aromatic heterocycles. The Balaban J connectivity index is 1.64. The minimum absolute atomic E-state index is 0.0457. The van der Waals surface area contributed by atoms with Crippen molar-refractivity contribution in [1.29, 1.82) is 0 Å². The highest BCUT2D eigenvalue weighted by molar-refractivity contribution is 5.12. The summed E-state index contributed by atoms with van der Waals surface area (Å²) in [5, 5.41) is 21.0. The second-order valence-electron chi connectivity index (χ2n) is 9.85. The van der Waals surface area contributed by atoms with E-state index in [9.17, 15) is 10.2 Å². The molecule has 4 aliphatic rings. The van der Waals surface area contributed by atoms with Gasteiger partial charge in [0.25, 0.3) is 0 Å². The van der Waals surface area contributed by atoms with Crippen LogP contribution < -0.4 is 0 Å². The molecule has 0 bridgehead atoms. The molecule has 4 rings (SSSR count). The van der Waals surface area contributed by atoms with Gasteiger partial charge in [-0.25, -0.2) is 0 Å². The molecule has 4 fully saturated rings. The average Bonchev–Trinajstić information content (AvgIpc) is 2.70. The van der Waals surface area contributed by atoms with Crippen molar-refractivity contribution in [3.8, 4) is 0 Å². The SMILES string of the molecule is C[C@]12CC[C@@H](O)C[C@H]1CC[C@H]1[C@H]2CC[C@]2(C)[C@H]1CC[C@]2(C)O. The van der Waals surface area contributed by atoms with Gasteiger partial charge in [-0.3, -0.25) is 0 Å². The summed E-state index contributed by atoms with van der Waals surface area (Å²) in [4.78, 5) is 0. The molecule has 0 radical (unpaired) electrons. The summed E-state index contributed by atoms with van der Waals surface area (Å²) in [7, 11) is 0. The molecule has 0 unspecified atom stereocenters. The summed E-state index contributed by atoms with van der Waals surface area (Å²) in [6.45, 7) is 7.01. The Morgan fingerprint density at radius 2 is 1.55 bits per heavy atom. The highest BCUT2D eigenvalue weighted by atomic mass is 16.3. The van der Waals surface area contributed by atoms with Crippen molar-refractivity contribution in [2.24, 2.45) is 34.5 Å². The number of hydrogen-bond donors (Lipinski definition) is 2. The lowest BCUT2D eigenvalue weighted by Crippen LogP contribution is -2.56. The molecule has 2 nitrogen and oxygen atoms in total. The second-order valence-corrected chi connectivity index (χ2v) is 9.85. The van der Waals surface area contributed by atoms with Crippen LogP contribution in [0.5, 0.6) is 0 Å². The van der Waals surface area contributed by atoms with E-state index in [2.05, 4.69) is 20.8 Å². The number of aliphatic hydroxyl groups excluding tert-OH is 1. The van der Waals surface area contributed by atoms with Crippen LogP contribution in [0.15, 0.2) is 0 Å². The molecule has 0 aliphatic heterocycles. The zero-order valence-electron chi connectivity index (χ0n) is 14.6. The van der Waals surface area contributed by atoms with Crippen molar-refractivity contribution in [2.75, 3.05) is 0 Å². The third-order valence-electron chi connectivity index (χ3n) is 9.20. The first-order valence-corrected chi connectivity index (χ1v) is 9.68. The van der Waals surface area contributed by atoms with Crippen molar-refractivity contribution in [1.82, 2.24) is 0 Å². The quantitative estimate of drug-likeness (QED) is 0.706. The van der Waals surface area contributed by atoms with Gasteiger partial charge < -0.3 is 10.2 Å². The minimum atomic E-state index is -0.455. The molecule has 4 aliphatic carbocycles. The van der Waals surface area contributed by atoms with E-state index < -0.39 is 5.60 Å². The molecular formula is C20H34O2. The van der Waals surface area contributed by atoms with Gasteiger partial charge in [-0.05, 0) is 99.2 Å². The second kappa shape index (κ2) is 4.72. The van der Waals surface area contributed by atoms with Gasteiger partial charge in [-0.1, -0.05) is 13.8 Å². The number of hydrogen-bond acceptors (Lipinski definition) is 2. The van der Waals surface area contributed by atoms with E-state index in [0.717, 1.165) is 42.9 Å². The Morgan fingerprint density at radius 3 is 2.32 bits per heavy atom. The van der Waals surface area contributed by atoms with Crippen LogP contribution in [0.1, 0.15) is 78.6 Å². The highest BCUT2D eigenvalue weighted by Gasteiger charge is 2.63. The Morgan fingerprint density at radius 1 is 0.818 bits per heavy atom. The summed E-state index contributed by atoms with van der Waals surface area (Å²) in [5.41, 5.74) is 0.145. The summed E-state index contributed by atoms with van der Waals surface area (Å²) in [6.07, 6.45) is 10.6. The summed E-state index contributed by atoms with van der Waals surface area (Å²) >= 11 is 0. The largest absolute Gasteiger partial charge is 0.393 e. The Bertz CT molecular complexity index is 459. The van der Waals surface area contributed by atoms with Crippen molar-refractivity contribution in [2.45, 2.75) is 90.3 Å². The number of fused-ring (bicyclic) bond motifs is 5. The van der Waals surface area contributed by atoms with E-state index in [1.54, 1.807) is 0 Å². The molecule has 8 atom stereocenters. The molecule has 2 heteroatoms. The maximum Gasteiger partial charge on any atom is 0.0675 e. The maximum atomic E-state index is 10.9. The predicted molar refractivity (Wildman–Crippen MR) is 88.4 cm³/mol. The normalized spacial score (nSPS) is 61.2. The first kappa shape index (κ1) is 15.4. The van der Waals surface area contributed by atoms with E-state index in [1.165, 1.54) is 38.5 Å². The fourth-order valence-corrected chi connectivity index (χ4v) is 7.48. The van der Waals surface area contributed by atoms with Gasteiger partial charge in [0.1, 0.15) is 0 Å². The van der Waals surface area contributed by atoms with Gasteiger partial charge in [-0.2, -0.15) is 0 Å². The zero-order chi connectivity index (χ0) is 15.8. The van der Waals surface area contributed by atoms with Gasteiger partial charge in [0, 0.05) is 0 Å². The minimum Gasteiger partial charge on any atom is -0.393 e. The average molecular weight is 306 g/mol. The molecule has 4 saturated carbocycles. The van der Waals surface area contributed by atoms with E-state index in [4.69, 9.17) is 0 Å². The van der Waals surface area contributed by atoms with Crippen LogP contribution >= 0.6 is 0 Å². The molecule has 0 aromatic carbocycles. The molecule has 2 N–H and O–H groups in total. The third kappa shape index (κ3) is 1.86. The van der Waals surface area contributed by atoms with E-state index in [-0.39, 0.29) is 11.5 Å². The van der Waals surface area contributed by atoms with Crippen LogP contribution in [0.25, 0.3) is 0 Å². The van der Waals surface area contributed by atoms with Crippen LogP contribution in [-0.2, 0) is 0 Å². The van der Waals surface area contributed by atoms with Crippen LogP contribution in [-0.4, -0.2) is 21.9 Å². The van der Waals surface area contributed by atoms with Gasteiger partial charge in [0.2, 0.25) is 0 Å². The van der Waals surface area contributed by atoms with Crippen LogP contribution in [0, 0.1) is 34.5 Å². The zero-order valence-corrected chi connectivity index (χ0v) is 14.6. The summed E-state index contributed by atoms with van der Waals surface area (Å²) < 4.78 is 0. The lowest BCUT2D eigenvalue weighted by Gasteiger charge is -2.61. The first-order valence-electron chi connectivity index (χ1n) is 9.68. The van der Waals surface area contributed by atoms with Crippen LogP contribution in [0.2, 0.25) is 0 Å². The van der Waals surface area contributed by atoms with Crippen molar-refractivity contribution >= 4 is 0 Å². The van der Waals surface area contributed by atoms with Crippen LogP contribution in [0.4, 0.5) is 0 Å². The smallest absolute Gasteiger partial charge is 0.0675 e. The standard InChI is InChI=1S/C20H34O2/c1-18-9-6-14(21)12-13(18)4-5-15-16(18)7-10-19(2)17(15)8-11-20(19,3)22/h13-17,21-22H,4-12H2,1-3H3/t13-,14-,15+,16-,17+,18+,19-,20+/m1/s1. The monoisotopic (exact) mass is 306 g/mol. The lowest BCUT2D eigenvalue weighted by molar-refractivity contribution is -0.153. The first-order chi connectivity index (χ1) is 10.3. The third-order valence-corrected chi connectivity index (χ3v) is 9.20. The number of rotatable bonds is 0. The Hall–Kier alpha value is -0.0800. The summed E-state index contributed by atoms with van der Waals surface area (Å²) in [6, 6.07) is 0. The molecule has 0 amide bonds.